The predicted molar refractivity (Wildman–Crippen MR) is 165 cm³/mol. The van der Waals surface area contributed by atoms with Gasteiger partial charge in [0.25, 0.3) is 10.0 Å². The van der Waals surface area contributed by atoms with Crippen LogP contribution in [-0.4, -0.2) is 50.9 Å². The monoisotopic (exact) mass is 611 g/mol. The van der Waals surface area contributed by atoms with Gasteiger partial charge in [-0.15, -0.1) is 0 Å². The molecule has 10 heteroatoms. The third-order valence-corrected chi connectivity index (χ3v) is 9.64. The number of amides is 2. The summed E-state index contributed by atoms with van der Waals surface area (Å²) in [7, 11) is -2.62. The molecule has 3 aromatic rings. The molecule has 1 atom stereocenters. The molecule has 3 aromatic carbocycles. The molecule has 0 aromatic heterocycles. The first-order chi connectivity index (χ1) is 20.1. The summed E-state index contributed by atoms with van der Waals surface area (Å²) < 4.78 is 34.3. The largest absolute Gasteiger partial charge is 0.497 e. The number of nitrogens with zero attached hydrogens (tertiary/aromatic N) is 2. The maximum atomic E-state index is 14.2. The van der Waals surface area contributed by atoms with Gasteiger partial charge in [-0.25, -0.2) is 8.42 Å². The third-order valence-electron chi connectivity index (χ3n) is 7.60. The number of rotatable bonds is 12. The summed E-state index contributed by atoms with van der Waals surface area (Å²) in [5.41, 5.74) is 1.99. The number of aryl methyl sites for hydroxylation is 1. The first kappa shape index (κ1) is 31.4. The minimum atomic E-state index is -4.14. The van der Waals surface area contributed by atoms with Crippen LogP contribution >= 0.6 is 11.6 Å². The van der Waals surface area contributed by atoms with Gasteiger partial charge in [0, 0.05) is 17.6 Å². The highest BCUT2D eigenvalue weighted by molar-refractivity contribution is 7.92. The number of halogens is 1. The molecule has 8 nitrogen and oxygen atoms in total. The van der Waals surface area contributed by atoms with Crippen LogP contribution in [0.15, 0.2) is 77.7 Å². The molecule has 0 heterocycles. The van der Waals surface area contributed by atoms with Crippen LogP contribution in [0.1, 0.15) is 50.2 Å². The van der Waals surface area contributed by atoms with Crippen LogP contribution in [0.3, 0.4) is 0 Å². The Kier molecular flexibility index (Phi) is 10.5. The van der Waals surface area contributed by atoms with Crippen LogP contribution in [-0.2, 0) is 26.2 Å². The van der Waals surface area contributed by atoms with E-state index in [0.717, 1.165) is 41.1 Å². The number of nitrogens with one attached hydrogen (secondary N) is 1. The van der Waals surface area contributed by atoms with Crippen LogP contribution in [0, 0.1) is 6.92 Å². The molecule has 1 N–H and O–H groups in total. The maximum Gasteiger partial charge on any atom is 0.264 e. The third kappa shape index (κ3) is 7.63. The van der Waals surface area contributed by atoms with E-state index < -0.39 is 28.5 Å². The standard InChI is InChI=1S/C32H38ClN3O5S/c1-4-30(32(38)34-26-7-5-6-8-26)35(21-24-11-13-25(33)14-12-24)31(37)22-36(27-15-17-28(41-3)18-16-27)42(39,40)29-19-9-23(2)10-20-29/h9-20,26,30H,4-8,21-22H2,1-3H3,(H,34,38)/t30-/m1/s1. The molecule has 0 unspecified atom stereocenters. The molecule has 1 fully saturated rings. The second-order valence-corrected chi connectivity index (χ2v) is 12.9. The SMILES string of the molecule is CC[C@H](C(=O)NC1CCCC1)N(Cc1ccc(Cl)cc1)C(=O)CN(c1ccc(OC)cc1)S(=O)(=O)c1ccc(C)cc1. The fourth-order valence-electron chi connectivity index (χ4n) is 5.19. The Labute approximate surface area is 253 Å². The first-order valence-electron chi connectivity index (χ1n) is 14.2. The zero-order chi connectivity index (χ0) is 30.3. The number of ether oxygens (including phenoxy) is 1. The van der Waals surface area contributed by atoms with Crippen LogP contribution in [0.4, 0.5) is 5.69 Å². The fourth-order valence-corrected chi connectivity index (χ4v) is 6.73. The molecular formula is C32H38ClN3O5S. The van der Waals surface area contributed by atoms with Gasteiger partial charge in [-0.05, 0) is 80.3 Å². The molecule has 224 valence electrons. The second-order valence-electron chi connectivity index (χ2n) is 10.6. The summed E-state index contributed by atoms with van der Waals surface area (Å²) in [4.78, 5) is 29.3. The Morgan fingerprint density at radius 2 is 1.60 bits per heavy atom. The van der Waals surface area contributed by atoms with E-state index in [4.69, 9.17) is 16.3 Å². The van der Waals surface area contributed by atoms with Crippen molar-refractivity contribution in [2.75, 3.05) is 18.0 Å². The van der Waals surface area contributed by atoms with Crippen molar-refractivity contribution in [1.82, 2.24) is 10.2 Å². The number of methoxy groups -OCH3 is 1. The van der Waals surface area contributed by atoms with Gasteiger partial charge in [0.1, 0.15) is 18.3 Å². The fraction of sp³-hybridized carbons (Fsp3) is 0.375. The van der Waals surface area contributed by atoms with E-state index in [1.54, 1.807) is 60.7 Å². The average molecular weight is 612 g/mol. The van der Waals surface area contributed by atoms with E-state index >= 15 is 0 Å². The van der Waals surface area contributed by atoms with Gasteiger partial charge in [-0.3, -0.25) is 13.9 Å². The van der Waals surface area contributed by atoms with E-state index in [1.165, 1.54) is 24.1 Å². The van der Waals surface area contributed by atoms with E-state index in [9.17, 15) is 18.0 Å². The molecule has 4 rings (SSSR count). The Morgan fingerprint density at radius 3 is 2.17 bits per heavy atom. The molecular weight excluding hydrogens is 574 g/mol. The van der Waals surface area contributed by atoms with Gasteiger partial charge in [0.05, 0.1) is 17.7 Å². The average Bonchev–Trinajstić information content (AvgIpc) is 3.50. The van der Waals surface area contributed by atoms with Crippen LogP contribution < -0.4 is 14.4 Å². The van der Waals surface area contributed by atoms with Crippen LogP contribution in [0.5, 0.6) is 5.75 Å². The highest BCUT2D eigenvalue weighted by Gasteiger charge is 2.34. The summed E-state index contributed by atoms with van der Waals surface area (Å²) in [6.45, 7) is 3.35. The summed E-state index contributed by atoms with van der Waals surface area (Å²) in [6.07, 6.45) is 4.30. The van der Waals surface area contributed by atoms with Crippen molar-refractivity contribution in [3.05, 3.63) is 88.9 Å². The minimum absolute atomic E-state index is 0.0620. The Balaban J connectivity index is 1.71. The van der Waals surface area contributed by atoms with Gasteiger partial charge in [-0.2, -0.15) is 0 Å². The lowest BCUT2D eigenvalue weighted by molar-refractivity contribution is -0.140. The van der Waals surface area contributed by atoms with Crippen molar-refractivity contribution >= 4 is 39.1 Å². The lowest BCUT2D eigenvalue weighted by atomic mass is 10.1. The normalized spacial score (nSPS) is 14.3. The molecule has 2 amide bonds. The Bertz CT molecular complexity index is 1460. The summed E-state index contributed by atoms with van der Waals surface area (Å²) in [5, 5.41) is 3.67. The maximum absolute atomic E-state index is 14.2. The summed E-state index contributed by atoms with van der Waals surface area (Å²) >= 11 is 6.10. The zero-order valence-electron chi connectivity index (χ0n) is 24.3. The molecule has 0 aliphatic heterocycles. The summed E-state index contributed by atoms with van der Waals surface area (Å²) in [5.74, 6) is -0.175. The van der Waals surface area contributed by atoms with Crippen molar-refractivity contribution in [1.29, 1.82) is 0 Å². The van der Waals surface area contributed by atoms with E-state index in [1.807, 2.05) is 13.8 Å². The predicted octanol–water partition coefficient (Wildman–Crippen LogP) is 5.72. The quantitative estimate of drug-likeness (QED) is 0.283. The molecule has 1 aliphatic rings. The van der Waals surface area contributed by atoms with Crippen molar-refractivity contribution in [3.8, 4) is 5.75 Å². The zero-order valence-corrected chi connectivity index (χ0v) is 25.8. The Morgan fingerprint density at radius 1 is 0.976 bits per heavy atom. The summed E-state index contributed by atoms with van der Waals surface area (Å²) in [6, 6.07) is 19.3. The van der Waals surface area contributed by atoms with Gasteiger partial charge < -0.3 is 15.0 Å². The number of hydrogen-bond acceptors (Lipinski definition) is 5. The molecule has 0 saturated heterocycles. The molecule has 42 heavy (non-hydrogen) atoms. The number of carbonyl (C=O) groups excluding carboxylic acids is 2. The molecule has 1 saturated carbocycles. The number of sulfonamides is 1. The first-order valence-corrected chi connectivity index (χ1v) is 16.0. The number of benzene rings is 3. The number of carbonyl (C=O) groups is 2. The minimum Gasteiger partial charge on any atom is -0.497 e. The lowest BCUT2D eigenvalue weighted by Crippen LogP contribution is -2.53. The lowest BCUT2D eigenvalue weighted by Gasteiger charge is -2.33. The van der Waals surface area contributed by atoms with Crippen molar-refractivity contribution in [3.63, 3.8) is 0 Å². The van der Waals surface area contributed by atoms with E-state index in [-0.39, 0.29) is 23.4 Å². The van der Waals surface area contributed by atoms with Gasteiger partial charge >= 0.3 is 0 Å². The van der Waals surface area contributed by atoms with Gasteiger partial charge in [0.2, 0.25) is 11.8 Å². The molecule has 0 radical (unpaired) electrons. The van der Waals surface area contributed by atoms with E-state index in [2.05, 4.69) is 5.32 Å². The topological polar surface area (TPSA) is 96.0 Å². The number of anilines is 1. The molecule has 0 spiro atoms. The highest BCUT2D eigenvalue weighted by Crippen LogP contribution is 2.27. The van der Waals surface area contributed by atoms with Crippen molar-refractivity contribution in [2.24, 2.45) is 0 Å². The number of hydrogen-bond donors (Lipinski definition) is 1. The molecule has 0 bridgehead atoms. The Hall–Kier alpha value is -3.56. The second kappa shape index (κ2) is 14.1. The van der Waals surface area contributed by atoms with Crippen molar-refractivity contribution in [2.45, 2.75) is 69.5 Å². The van der Waals surface area contributed by atoms with Crippen molar-refractivity contribution < 1.29 is 22.7 Å². The van der Waals surface area contributed by atoms with Crippen LogP contribution in [0.2, 0.25) is 5.02 Å². The highest BCUT2D eigenvalue weighted by atomic mass is 35.5. The van der Waals surface area contributed by atoms with E-state index in [0.29, 0.717) is 22.9 Å². The smallest absolute Gasteiger partial charge is 0.264 e. The van der Waals surface area contributed by atoms with Gasteiger partial charge in [0.15, 0.2) is 0 Å². The molecule has 1 aliphatic carbocycles. The van der Waals surface area contributed by atoms with Crippen LogP contribution in [0.25, 0.3) is 0 Å². The van der Waals surface area contributed by atoms with Gasteiger partial charge in [-0.1, -0.05) is 61.2 Å².